The number of carbonyl (C=O) groups is 1. The van der Waals surface area contributed by atoms with Crippen LogP contribution >= 0.6 is 23.1 Å². The molecule has 0 aromatic carbocycles. The van der Waals surface area contributed by atoms with Crippen molar-refractivity contribution in [1.82, 2.24) is 10.3 Å². The molecular formula is C16H11N6O3S2+. The number of ketones is 1. The van der Waals surface area contributed by atoms with Crippen LogP contribution in [0.3, 0.4) is 0 Å². The number of nitrogens with zero attached hydrogens (tertiary/aromatic N) is 4. The van der Waals surface area contributed by atoms with E-state index < -0.39 is 11.4 Å². The first-order valence-electron chi connectivity index (χ1n) is 7.39. The molecule has 11 heteroatoms. The van der Waals surface area contributed by atoms with Crippen molar-refractivity contribution in [2.24, 2.45) is 7.05 Å². The number of nitrogens with one attached hydrogen (secondary N) is 1. The van der Waals surface area contributed by atoms with Crippen molar-refractivity contribution in [1.29, 1.82) is 10.5 Å². The van der Waals surface area contributed by atoms with E-state index in [1.807, 2.05) is 17.5 Å². The first-order chi connectivity index (χ1) is 13.0. The number of rotatable bonds is 5. The lowest BCUT2D eigenvalue weighted by atomic mass is 10.0. The number of hydrogen-bond acceptors (Lipinski definition) is 9. The monoisotopic (exact) mass is 399 g/mol. The van der Waals surface area contributed by atoms with Crippen LogP contribution in [0.1, 0.15) is 21.6 Å². The molecule has 0 atom stereocenters. The Morgan fingerprint density at radius 2 is 2.19 bits per heavy atom. The van der Waals surface area contributed by atoms with E-state index in [2.05, 4.69) is 14.8 Å². The van der Waals surface area contributed by atoms with Crippen molar-refractivity contribution >= 4 is 34.7 Å². The van der Waals surface area contributed by atoms with Crippen LogP contribution in [0, 0.1) is 22.7 Å². The number of aryl methyl sites for hydroxylation is 1. The van der Waals surface area contributed by atoms with Crippen molar-refractivity contribution in [3.63, 3.8) is 0 Å². The Morgan fingerprint density at radius 1 is 1.44 bits per heavy atom. The zero-order chi connectivity index (χ0) is 19.6. The van der Waals surface area contributed by atoms with Crippen molar-refractivity contribution in [2.45, 2.75) is 5.03 Å². The second-order valence-electron chi connectivity index (χ2n) is 5.23. The maximum atomic E-state index is 12.3. The fourth-order valence-electron chi connectivity index (χ4n) is 2.41. The summed E-state index contributed by atoms with van der Waals surface area (Å²) >= 11 is 2.32. The van der Waals surface area contributed by atoms with Crippen LogP contribution in [0.15, 0.2) is 31.9 Å². The van der Waals surface area contributed by atoms with E-state index in [4.69, 9.17) is 5.73 Å². The van der Waals surface area contributed by atoms with Crippen LogP contribution in [0.2, 0.25) is 0 Å². The third kappa shape index (κ3) is 3.33. The molecule has 0 fully saturated rings. The minimum absolute atomic E-state index is 0.0263. The van der Waals surface area contributed by atoms with Crippen LogP contribution < -0.4 is 16.0 Å². The minimum Gasteiger partial charge on any atom is -0.383 e. The molecule has 0 aliphatic carbocycles. The number of carbonyl (C=O) groups excluding carboxylic acids is 1. The molecule has 3 aromatic rings. The number of nitriles is 2. The van der Waals surface area contributed by atoms with E-state index >= 15 is 0 Å². The van der Waals surface area contributed by atoms with Gasteiger partial charge in [-0.3, -0.25) is 9.32 Å². The number of H-pyrrole nitrogens is 1. The van der Waals surface area contributed by atoms with Gasteiger partial charge in [-0.2, -0.15) is 10.5 Å². The number of aromatic nitrogens is 3. The number of pyridine rings is 1. The summed E-state index contributed by atoms with van der Waals surface area (Å²) in [6, 6.07) is 7.60. The van der Waals surface area contributed by atoms with E-state index in [1.54, 1.807) is 12.1 Å². The summed E-state index contributed by atoms with van der Waals surface area (Å²) in [5.74, 6) is -0.682. The molecule has 0 saturated heterocycles. The molecule has 0 aliphatic heterocycles. The van der Waals surface area contributed by atoms with Crippen LogP contribution in [-0.4, -0.2) is 21.8 Å². The van der Waals surface area contributed by atoms with Gasteiger partial charge in [0.1, 0.15) is 28.5 Å². The quantitative estimate of drug-likeness (QED) is 0.369. The fraction of sp³-hybridized carbons (Fsp3) is 0.125. The SMILES string of the molecule is C[n+]1[nH]oc(=O)c1C(=O)CSc1nc(N)c(C#N)c(-c2cccs2)c1C#N. The summed E-state index contributed by atoms with van der Waals surface area (Å²) in [4.78, 5) is 28.7. The molecule has 0 spiro atoms. The van der Waals surface area contributed by atoms with E-state index in [0.717, 1.165) is 11.8 Å². The molecule has 3 N–H and O–H groups in total. The maximum absolute atomic E-state index is 12.3. The van der Waals surface area contributed by atoms with Crippen LogP contribution in [-0.2, 0) is 7.05 Å². The van der Waals surface area contributed by atoms with Gasteiger partial charge in [0.25, 0.3) is 0 Å². The van der Waals surface area contributed by atoms with E-state index in [0.29, 0.717) is 10.4 Å². The molecule has 0 amide bonds. The van der Waals surface area contributed by atoms with Gasteiger partial charge in [0, 0.05) is 10.4 Å². The first-order valence-corrected chi connectivity index (χ1v) is 9.25. The molecule has 0 aliphatic rings. The lowest BCUT2D eigenvalue weighted by Gasteiger charge is -2.10. The fourth-order valence-corrected chi connectivity index (χ4v) is 4.06. The third-order valence-corrected chi connectivity index (χ3v) is 5.45. The zero-order valence-corrected chi connectivity index (χ0v) is 15.5. The third-order valence-electron chi connectivity index (χ3n) is 3.59. The highest BCUT2D eigenvalue weighted by Gasteiger charge is 2.28. The van der Waals surface area contributed by atoms with Crippen LogP contribution in [0.25, 0.3) is 10.4 Å². The Balaban J connectivity index is 2.02. The minimum atomic E-state index is -0.782. The molecule has 0 radical (unpaired) electrons. The van der Waals surface area contributed by atoms with Gasteiger partial charge in [-0.25, -0.2) is 9.78 Å². The Hall–Kier alpha value is -3.41. The number of Topliss-reactive ketones (excluding diaryl/α,β-unsaturated/α-hetero) is 1. The van der Waals surface area contributed by atoms with Gasteiger partial charge < -0.3 is 5.73 Å². The second kappa shape index (κ2) is 7.45. The van der Waals surface area contributed by atoms with Crippen LogP contribution in [0.4, 0.5) is 5.82 Å². The maximum Gasteiger partial charge on any atom is 0.438 e. The zero-order valence-electron chi connectivity index (χ0n) is 13.8. The topological polar surface area (TPSA) is 153 Å². The molecule has 3 rings (SSSR count). The van der Waals surface area contributed by atoms with Crippen molar-refractivity contribution in [3.05, 3.63) is 44.8 Å². The van der Waals surface area contributed by atoms with Crippen molar-refractivity contribution < 1.29 is 14.0 Å². The largest absolute Gasteiger partial charge is 0.438 e. The smallest absolute Gasteiger partial charge is 0.383 e. The normalized spacial score (nSPS) is 10.3. The number of thiophene rings is 1. The average molecular weight is 399 g/mol. The van der Waals surface area contributed by atoms with Gasteiger partial charge in [-0.15, -0.1) is 11.3 Å². The van der Waals surface area contributed by atoms with Crippen molar-refractivity contribution in [3.8, 4) is 22.6 Å². The lowest BCUT2D eigenvalue weighted by molar-refractivity contribution is -0.741. The Kier molecular flexibility index (Phi) is 5.07. The van der Waals surface area contributed by atoms with Crippen LogP contribution in [0.5, 0.6) is 0 Å². The van der Waals surface area contributed by atoms with Gasteiger partial charge in [-0.05, 0) is 16.7 Å². The summed E-state index contributed by atoms with van der Waals surface area (Å²) in [6.45, 7) is 0. The number of nitrogen functional groups attached to an aromatic ring is 1. The van der Waals surface area contributed by atoms with Gasteiger partial charge in [0.15, 0.2) is 7.05 Å². The Labute approximate surface area is 160 Å². The Bertz CT molecular complexity index is 1160. The van der Waals surface area contributed by atoms with Gasteiger partial charge in [-0.1, -0.05) is 22.5 Å². The van der Waals surface area contributed by atoms with Gasteiger partial charge >= 0.3 is 11.3 Å². The molecule has 27 heavy (non-hydrogen) atoms. The lowest BCUT2D eigenvalue weighted by Crippen LogP contribution is -2.39. The summed E-state index contributed by atoms with van der Waals surface area (Å²) in [5, 5.41) is 23.4. The first kappa shape index (κ1) is 18.4. The highest BCUT2D eigenvalue weighted by Crippen LogP contribution is 2.37. The number of hydrogen-bond donors (Lipinski definition) is 2. The number of nitrogens with two attached hydrogens (primary N) is 1. The van der Waals surface area contributed by atoms with E-state index in [-0.39, 0.29) is 33.4 Å². The average Bonchev–Trinajstić information content (AvgIpc) is 3.29. The predicted octanol–water partition coefficient (Wildman–Crippen LogP) is 1.22. The standard InChI is InChI=1S/C16H10N6O3S2/c1-22-13(16(24)25-21-22)10(23)7-27-15-9(6-18)12(11-3-2-4-26-11)8(5-17)14(19)20-15/h2-4H,7H2,1H3,(H2-,19,20,21,23,24)/p+1. The Morgan fingerprint density at radius 3 is 2.74 bits per heavy atom. The summed E-state index contributed by atoms with van der Waals surface area (Å²) < 4.78 is 5.74. The molecule has 0 bridgehead atoms. The number of thioether (sulfide) groups is 1. The number of anilines is 1. The van der Waals surface area contributed by atoms with Crippen molar-refractivity contribution in [2.75, 3.05) is 11.5 Å². The molecule has 0 saturated carbocycles. The van der Waals surface area contributed by atoms with E-state index in [1.165, 1.54) is 23.1 Å². The summed E-state index contributed by atoms with van der Waals surface area (Å²) in [5.41, 5.74) is 5.63. The van der Waals surface area contributed by atoms with E-state index in [9.17, 15) is 20.1 Å². The molecule has 3 aromatic heterocycles. The number of aromatic amines is 1. The van der Waals surface area contributed by atoms with Gasteiger partial charge in [0.05, 0.1) is 11.3 Å². The summed E-state index contributed by atoms with van der Waals surface area (Å²) in [7, 11) is 1.47. The van der Waals surface area contributed by atoms with Gasteiger partial charge in [0.2, 0.25) is 5.78 Å². The molecule has 3 heterocycles. The highest BCUT2D eigenvalue weighted by atomic mass is 32.2. The molecule has 134 valence electrons. The summed E-state index contributed by atoms with van der Waals surface area (Å²) in [6.07, 6.45) is 0. The predicted molar refractivity (Wildman–Crippen MR) is 97.0 cm³/mol. The molecule has 0 unspecified atom stereocenters. The highest BCUT2D eigenvalue weighted by molar-refractivity contribution is 8.00. The molecular weight excluding hydrogens is 388 g/mol. The second-order valence-corrected chi connectivity index (χ2v) is 7.14. The molecule has 9 nitrogen and oxygen atoms in total.